The summed E-state index contributed by atoms with van der Waals surface area (Å²) in [5.74, 6) is 0.214. The third-order valence-corrected chi connectivity index (χ3v) is 4.25. The molecule has 0 N–H and O–H groups in total. The maximum Gasteiger partial charge on any atom is 0.235 e. The van der Waals surface area contributed by atoms with Gasteiger partial charge in [0.05, 0.1) is 11.3 Å². The molecule has 0 amide bonds. The van der Waals surface area contributed by atoms with E-state index in [1.54, 1.807) is 21.3 Å². The highest BCUT2D eigenvalue weighted by atomic mass is 32.1. The summed E-state index contributed by atoms with van der Waals surface area (Å²) in [5.41, 5.74) is 2.51. The van der Waals surface area contributed by atoms with E-state index in [0.717, 1.165) is 16.3 Å². The molecule has 110 valence electrons. The van der Waals surface area contributed by atoms with Crippen LogP contribution in [0.3, 0.4) is 0 Å². The predicted molar refractivity (Wildman–Crippen MR) is 81.0 cm³/mol. The molecule has 0 aliphatic heterocycles. The summed E-state index contributed by atoms with van der Waals surface area (Å²) in [6, 6.07) is 6.25. The first-order valence-electron chi connectivity index (χ1n) is 6.60. The van der Waals surface area contributed by atoms with Gasteiger partial charge in [-0.25, -0.2) is 4.39 Å². The molecule has 0 atom stereocenters. The molecule has 0 aliphatic carbocycles. The van der Waals surface area contributed by atoms with Gasteiger partial charge in [-0.3, -0.25) is 4.68 Å². The van der Waals surface area contributed by atoms with Gasteiger partial charge in [-0.2, -0.15) is 14.7 Å². The molecule has 0 saturated heterocycles. The SMILES string of the molecule is Cc1nn(C)cc1-c1nn2c(-c3cccc(F)c3)nnc2s1. The Bertz CT molecular complexity index is 982. The maximum atomic E-state index is 13.4. The van der Waals surface area contributed by atoms with Gasteiger partial charge in [-0.05, 0) is 19.1 Å². The van der Waals surface area contributed by atoms with E-state index in [0.29, 0.717) is 16.3 Å². The summed E-state index contributed by atoms with van der Waals surface area (Å²) < 4.78 is 16.8. The van der Waals surface area contributed by atoms with E-state index in [1.165, 1.54) is 23.5 Å². The molecule has 4 aromatic rings. The molecule has 0 fully saturated rings. The summed E-state index contributed by atoms with van der Waals surface area (Å²) in [4.78, 5) is 0.664. The topological polar surface area (TPSA) is 60.9 Å². The first-order chi connectivity index (χ1) is 10.6. The fourth-order valence-electron chi connectivity index (χ4n) is 2.34. The number of aryl methyl sites for hydroxylation is 2. The van der Waals surface area contributed by atoms with Crippen LogP contribution in [0.15, 0.2) is 30.5 Å². The van der Waals surface area contributed by atoms with Gasteiger partial charge in [0.1, 0.15) is 5.82 Å². The van der Waals surface area contributed by atoms with Gasteiger partial charge in [-0.15, -0.1) is 10.2 Å². The lowest BCUT2D eigenvalue weighted by Crippen LogP contribution is -1.91. The molecule has 1 aromatic carbocycles. The molecule has 8 heteroatoms. The molecule has 0 aliphatic rings. The first kappa shape index (κ1) is 13.1. The Morgan fingerprint density at radius 2 is 2.05 bits per heavy atom. The van der Waals surface area contributed by atoms with Crippen molar-refractivity contribution >= 4 is 16.3 Å². The smallest absolute Gasteiger partial charge is 0.235 e. The molecule has 0 spiro atoms. The second-order valence-electron chi connectivity index (χ2n) is 4.94. The van der Waals surface area contributed by atoms with Crippen molar-refractivity contribution in [2.45, 2.75) is 6.92 Å². The van der Waals surface area contributed by atoms with Crippen LogP contribution in [-0.4, -0.2) is 29.6 Å². The maximum absolute atomic E-state index is 13.4. The molecule has 3 aromatic heterocycles. The number of nitrogens with zero attached hydrogens (tertiary/aromatic N) is 6. The molecule has 22 heavy (non-hydrogen) atoms. The van der Waals surface area contributed by atoms with E-state index in [1.807, 2.05) is 20.2 Å². The number of halogens is 1. The van der Waals surface area contributed by atoms with Crippen molar-refractivity contribution in [2.75, 3.05) is 0 Å². The largest absolute Gasteiger partial charge is 0.275 e. The molecule has 3 heterocycles. The quantitative estimate of drug-likeness (QED) is 0.571. The van der Waals surface area contributed by atoms with E-state index in [4.69, 9.17) is 0 Å². The molecule has 0 radical (unpaired) electrons. The third-order valence-electron chi connectivity index (χ3n) is 3.32. The highest BCUT2D eigenvalue weighted by molar-refractivity contribution is 7.19. The zero-order valence-electron chi connectivity index (χ0n) is 11.9. The Morgan fingerprint density at radius 3 is 2.77 bits per heavy atom. The monoisotopic (exact) mass is 314 g/mol. The molecule has 0 bridgehead atoms. The Kier molecular flexibility index (Phi) is 2.80. The molecule has 4 rings (SSSR count). The van der Waals surface area contributed by atoms with Crippen molar-refractivity contribution in [3.05, 3.63) is 42.0 Å². The third kappa shape index (κ3) is 2.00. The van der Waals surface area contributed by atoms with Crippen molar-refractivity contribution in [3.63, 3.8) is 0 Å². The summed E-state index contributed by atoms with van der Waals surface area (Å²) in [7, 11) is 1.87. The standard InChI is InChI=1S/C14H11FN6S/c1-8-11(7-20(2)18-8)13-19-21-12(16-17-14(21)22-13)9-4-3-5-10(15)6-9/h3-7H,1-2H3. The Labute approximate surface area is 128 Å². The predicted octanol–water partition coefficient (Wildman–Crippen LogP) is 2.70. The van der Waals surface area contributed by atoms with E-state index < -0.39 is 0 Å². The summed E-state index contributed by atoms with van der Waals surface area (Å²) >= 11 is 1.43. The molecule has 0 saturated carbocycles. The molecular formula is C14H11FN6S. The van der Waals surface area contributed by atoms with Crippen molar-refractivity contribution in [3.8, 4) is 22.0 Å². The fourth-order valence-corrected chi connectivity index (χ4v) is 3.24. The molecule has 0 unspecified atom stereocenters. The molecular weight excluding hydrogens is 303 g/mol. The Morgan fingerprint density at radius 1 is 1.18 bits per heavy atom. The second kappa shape index (κ2) is 4.70. The Hall–Kier alpha value is -2.61. The lowest BCUT2D eigenvalue weighted by Gasteiger charge is -1.96. The van der Waals surface area contributed by atoms with Crippen molar-refractivity contribution in [1.29, 1.82) is 0 Å². The average molecular weight is 314 g/mol. The van der Waals surface area contributed by atoms with Gasteiger partial charge in [0.2, 0.25) is 4.96 Å². The lowest BCUT2D eigenvalue weighted by atomic mass is 10.2. The van der Waals surface area contributed by atoms with E-state index in [9.17, 15) is 4.39 Å². The van der Waals surface area contributed by atoms with Crippen LogP contribution < -0.4 is 0 Å². The van der Waals surface area contributed by atoms with Crippen LogP contribution in [0.25, 0.3) is 26.9 Å². The van der Waals surface area contributed by atoms with Gasteiger partial charge in [0.25, 0.3) is 0 Å². The van der Waals surface area contributed by atoms with Crippen LogP contribution in [0.4, 0.5) is 4.39 Å². The first-order valence-corrected chi connectivity index (χ1v) is 7.42. The highest BCUT2D eigenvalue weighted by Crippen LogP contribution is 2.29. The lowest BCUT2D eigenvalue weighted by molar-refractivity contribution is 0.628. The summed E-state index contributed by atoms with van der Waals surface area (Å²) in [6.07, 6.45) is 1.92. The van der Waals surface area contributed by atoms with Crippen LogP contribution >= 0.6 is 11.3 Å². The minimum Gasteiger partial charge on any atom is -0.275 e. The number of rotatable bonds is 2. The van der Waals surface area contributed by atoms with Crippen molar-refractivity contribution < 1.29 is 4.39 Å². The van der Waals surface area contributed by atoms with E-state index >= 15 is 0 Å². The van der Waals surface area contributed by atoms with Crippen LogP contribution in [0, 0.1) is 12.7 Å². The van der Waals surface area contributed by atoms with Crippen molar-refractivity contribution in [1.82, 2.24) is 29.6 Å². The van der Waals surface area contributed by atoms with Crippen LogP contribution in [-0.2, 0) is 7.05 Å². The fraction of sp³-hybridized carbons (Fsp3) is 0.143. The summed E-state index contributed by atoms with van der Waals surface area (Å²) in [6.45, 7) is 1.94. The Balaban J connectivity index is 1.88. The average Bonchev–Trinajstić information content (AvgIpc) is 3.12. The van der Waals surface area contributed by atoms with Gasteiger partial charge in [0, 0.05) is 18.8 Å². The van der Waals surface area contributed by atoms with Gasteiger partial charge in [0.15, 0.2) is 10.8 Å². The number of fused-ring (bicyclic) bond motifs is 1. The van der Waals surface area contributed by atoms with Gasteiger partial charge >= 0.3 is 0 Å². The normalized spacial score (nSPS) is 11.4. The zero-order chi connectivity index (χ0) is 15.3. The highest BCUT2D eigenvalue weighted by Gasteiger charge is 2.17. The number of aromatic nitrogens is 6. The van der Waals surface area contributed by atoms with Crippen LogP contribution in [0.5, 0.6) is 0 Å². The van der Waals surface area contributed by atoms with Crippen LogP contribution in [0.1, 0.15) is 5.69 Å². The van der Waals surface area contributed by atoms with E-state index in [2.05, 4.69) is 20.4 Å². The minimum absolute atomic E-state index is 0.312. The number of hydrogen-bond acceptors (Lipinski definition) is 5. The van der Waals surface area contributed by atoms with Gasteiger partial charge < -0.3 is 0 Å². The van der Waals surface area contributed by atoms with E-state index in [-0.39, 0.29) is 5.82 Å². The minimum atomic E-state index is -0.312. The molecule has 6 nitrogen and oxygen atoms in total. The number of benzene rings is 1. The van der Waals surface area contributed by atoms with Crippen LogP contribution in [0.2, 0.25) is 0 Å². The second-order valence-corrected chi connectivity index (χ2v) is 5.89. The summed E-state index contributed by atoms with van der Waals surface area (Å²) in [5, 5.41) is 17.9. The van der Waals surface area contributed by atoms with Gasteiger partial charge in [-0.1, -0.05) is 23.5 Å². The number of hydrogen-bond donors (Lipinski definition) is 0. The zero-order valence-corrected chi connectivity index (χ0v) is 12.7. The van der Waals surface area contributed by atoms with Crippen molar-refractivity contribution in [2.24, 2.45) is 7.05 Å².